The zero-order chi connectivity index (χ0) is 12.2. The summed E-state index contributed by atoms with van der Waals surface area (Å²) in [5.41, 5.74) is 0. The first kappa shape index (κ1) is 13.8. The summed E-state index contributed by atoms with van der Waals surface area (Å²) in [5.74, 6) is 0.305. The van der Waals surface area contributed by atoms with Gasteiger partial charge in [0.05, 0.1) is 4.47 Å². The van der Waals surface area contributed by atoms with Gasteiger partial charge < -0.3 is 4.90 Å². The summed E-state index contributed by atoms with van der Waals surface area (Å²) in [6, 6.07) is 3.33. The second-order valence-corrected chi connectivity index (χ2v) is 4.68. The molecule has 0 bridgehead atoms. The van der Waals surface area contributed by atoms with E-state index in [0.717, 1.165) is 0 Å². The van der Waals surface area contributed by atoms with Gasteiger partial charge in [-0.15, -0.1) is 0 Å². The average molecular weight is 362 g/mol. The Kier molecular flexibility index (Phi) is 5.04. The summed E-state index contributed by atoms with van der Waals surface area (Å²) in [6.07, 6.45) is -2.77. The average Bonchev–Trinajstić information content (AvgIpc) is 2.16. The number of rotatable bonds is 4. The number of pyridine rings is 1. The summed E-state index contributed by atoms with van der Waals surface area (Å²) < 4.78 is 37.6. The second kappa shape index (κ2) is 5.86. The first-order valence-corrected chi connectivity index (χ1v) is 6.33. The molecule has 0 saturated heterocycles. The van der Waals surface area contributed by atoms with Crippen molar-refractivity contribution in [2.75, 3.05) is 23.3 Å². The highest BCUT2D eigenvalue weighted by atomic mass is 79.9. The zero-order valence-electron chi connectivity index (χ0n) is 8.14. The largest absolute Gasteiger partial charge is 0.405 e. The maximum Gasteiger partial charge on any atom is 0.405 e. The number of nitrogens with zero attached hydrogens (tertiary/aromatic N) is 2. The van der Waals surface area contributed by atoms with E-state index in [1.54, 1.807) is 12.1 Å². The molecule has 90 valence electrons. The zero-order valence-corrected chi connectivity index (χ0v) is 11.3. The number of halogens is 5. The van der Waals surface area contributed by atoms with Gasteiger partial charge in [-0.1, -0.05) is 15.9 Å². The Morgan fingerprint density at radius 3 is 2.56 bits per heavy atom. The van der Waals surface area contributed by atoms with Crippen LogP contribution in [-0.2, 0) is 0 Å². The van der Waals surface area contributed by atoms with Crippen LogP contribution in [0.4, 0.5) is 19.0 Å². The Bertz CT molecular complexity index is 344. The molecule has 1 rings (SSSR count). The molecule has 0 fully saturated rings. The summed E-state index contributed by atoms with van der Waals surface area (Å²) >= 11 is 6.31. The second-order valence-electron chi connectivity index (χ2n) is 3.03. The number of hydrogen-bond donors (Lipinski definition) is 0. The fourth-order valence-electron chi connectivity index (χ4n) is 1.19. The van der Waals surface area contributed by atoms with Gasteiger partial charge >= 0.3 is 6.18 Å². The Morgan fingerprint density at radius 2 is 2.06 bits per heavy atom. The lowest BCUT2D eigenvalue weighted by atomic mass is 10.4. The van der Waals surface area contributed by atoms with Crippen LogP contribution >= 0.6 is 31.9 Å². The summed E-state index contributed by atoms with van der Waals surface area (Å²) in [7, 11) is 0. The highest BCUT2D eigenvalue weighted by Crippen LogP contribution is 2.26. The van der Waals surface area contributed by atoms with E-state index in [0.29, 0.717) is 15.6 Å². The normalized spacial score (nSPS) is 11.6. The standard InChI is InChI=1S/C9H9Br2F3N2/c10-3-5-16(6-9(12,13)14)8-7(11)2-1-4-15-8/h1-2,4H,3,5-6H2. The van der Waals surface area contributed by atoms with Gasteiger partial charge in [0.15, 0.2) is 0 Å². The highest BCUT2D eigenvalue weighted by molar-refractivity contribution is 9.10. The molecule has 0 amide bonds. The van der Waals surface area contributed by atoms with E-state index in [9.17, 15) is 13.2 Å². The van der Waals surface area contributed by atoms with Crippen LogP contribution in [0.1, 0.15) is 0 Å². The predicted octanol–water partition coefficient (Wildman–Crippen LogP) is 3.61. The number of alkyl halides is 4. The molecule has 1 aromatic heterocycles. The van der Waals surface area contributed by atoms with Crippen molar-refractivity contribution in [3.63, 3.8) is 0 Å². The fourth-order valence-corrected chi connectivity index (χ4v) is 2.12. The summed E-state index contributed by atoms with van der Waals surface area (Å²) in [6.45, 7) is -0.761. The van der Waals surface area contributed by atoms with Crippen LogP contribution in [0.15, 0.2) is 22.8 Å². The van der Waals surface area contributed by atoms with Gasteiger partial charge in [-0.05, 0) is 28.1 Å². The molecule has 7 heteroatoms. The maximum absolute atomic E-state index is 12.3. The van der Waals surface area contributed by atoms with Crippen LogP contribution in [-0.4, -0.2) is 29.6 Å². The van der Waals surface area contributed by atoms with E-state index < -0.39 is 12.7 Å². The van der Waals surface area contributed by atoms with Crippen molar-refractivity contribution in [3.05, 3.63) is 22.8 Å². The lowest BCUT2D eigenvalue weighted by Crippen LogP contribution is -2.36. The monoisotopic (exact) mass is 360 g/mol. The molecular formula is C9H9Br2F3N2. The van der Waals surface area contributed by atoms with Gasteiger partial charge in [-0.3, -0.25) is 0 Å². The van der Waals surface area contributed by atoms with Crippen molar-refractivity contribution >= 4 is 37.7 Å². The molecule has 0 saturated carbocycles. The Hall–Kier alpha value is -0.300. The van der Waals surface area contributed by atoms with Crippen LogP contribution in [0.25, 0.3) is 0 Å². The molecule has 0 N–H and O–H groups in total. The van der Waals surface area contributed by atoms with E-state index >= 15 is 0 Å². The van der Waals surface area contributed by atoms with Crippen LogP contribution in [0.5, 0.6) is 0 Å². The Morgan fingerprint density at radius 1 is 1.38 bits per heavy atom. The molecule has 16 heavy (non-hydrogen) atoms. The van der Waals surface area contributed by atoms with E-state index in [2.05, 4.69) is 36.8 Å². The molecule has 0 unspecified atom stereocenters. The van der Waals surface area contributed by atoms with Crippen LogP contribution in [0.3, 0.4) is 0 Å². The lowest BCUT2D eigenvalue weighted by molar-refractivity contribution is -0.119. The third kappa shape index (κ3) is 4.29. The molecule has 1 heterocycles. The third-order valence-corrected chi connectivity index (χ3v) is 2.74. The highest BCUT2D eigenvalue weighted by Gasteiger charge is 2.31. The Balaban J connectivity index is 2.89. The SMILES string of the molecule is FC(F)(F)CN(CCBr)c1ncccc1Br. The summed E-state index contributed by atoms with van der Waals surface area (Å²) in [5, 5.41) is 0.450. The summed E-state index contributed by atoms with van der Waals surface area (Å²) in [4.78, 5) is 5.12. The minimum absolute atomic E-state index is 0.245. The van der Waals surface area contributed by atoms with Crippen LogP contribution < -0.4 is 4.90 Å². The molecule has 1 aromatic rings. The fraction of sp³-hybridized carbons (Fsp3) is 0.444. The van der Waals surface area contributed by atoms with Crippen molar-refractivity contribution in [1.29, 1.82) is 0 Å². The van der Waals surface area contributed by atoms with Crippen LogP contribution in [0.2, 0.25) is 0 Å². The van der Waals surface area contributed by atoms with E-state index in [1.165, 1.54) is 11.1 Å². The van der Waals surface area contributed by atoms with E-state index in [1.807, 2.05) is 0 Å². The Labute approximate surface area is 108 Å². The van der Waals surface area contributed by atoms with Crippen molar-refractivity contribution in [1.82, 2.24) is 4.98 Å². The molecule has 2 nitrogen and oxygen atoms in total. The van der Waals surface area contributed by atoms with E-state index in [4.69, 9.17) is 0 Å². The van der Waals surface area contributed by atoms with Crippen molar-refractivity contribution < 1.29 is 13.2 Å². The van der Waals surface area contributed by atoms with Gasteiger partial charge in [-0.2, -0.15) is 13.2 Å². The van der Waals surface area contributed by atoms with Crippen molar-refractivity contribution in [2.45, 2.75) is 6.18 Å². The smallest absolute Gasteiger partial charge is 0.346 e. The maximum atomic E-state index is 12.3. The number of hydrogen-bond acceptors (Lipinski definition) is 2. The number of anilines is 1. The molecule has 0 aliphatic heterocycles. The predicted molar refractivity (Wildman–Crippen MR) is 64.0 cm³/mol. The molecule has 0 radical (unpaired) electrons. The number of aromatic nitrogens is 1. The van der Waals surface area contributed by atoms with Gasteiger partial charge in [0.25, 0.3) is 0 Å². The molecule has 0 spiro atoms. The topological polar surface area (TPSA) is 16.1 Å². The van der Waals surface area contributed by atoms with Crippen molar-refractivity contribution in [3.8, 4) is 0 Å². The van der Waals surface area contributed by atoms with Gasteiger partial charge in [-0.25, -0.2) is 4.98 Å². The molecule has 0 aliphatic rings. The van der Waals surface area contributed by atoms with E-state index in [-0.39, 0.29) is 6.54 Å². The quantitative estimate of drug-likeness (QED) is 0.761. The van der Waals surface area contributed by atoms with Crippen LogP contribution in [0, 0.1) is 0 Å². The van der Waals surface area contributed by atoms with Crippen molar-refractivity contribution in [2.24, 2.45) is 0 Å². The van der Waals surface area contributed by atoms with Gasteiger partial charge in [0.1, 0.15) is 12.4 Å². The minimum Gasteiger partial charge on any atom is -0.346 e. The molecular weight excluding hydrogens is 353 g/mol. The first-order valence-electron chi connectivity index (χ1n) is 4.42. The van der Waals surface area contributed by atoms with Gasteiger partial charge in [0, 0.05) is 18.1 Å². The lowest BCUT2D eigenvalue weighted by Gasteiger charge is -2.24. The molecule has 0 atom stereocenters. The third-order valence-electron chi connectivity index (χ3n) is 1.76. The van der Waals surface area contributed by atoms with Gasteiger partial charge in [0.2, 0.25) is 0 Å². The molecule has 0 aromatic carbocycles. The first-order chi connectivity index (χ1) is 7.44. The molecule has 0 aliphatic carbocycles. The minimum atomic E-state index is -4.24.